The second-order valence-corrected chi connectivity index (χ2v) is 6.16. The molecule has 0 saturated heterocycles. The van der Waals surface area contributed by atoms with Crippen LogP contribution in [0.25, 0.3) is 11.1 Å². The first kappa shape index (κ1) is 17.5. The van der Waals surface area contributed by atoms with E-state index in [0.717, 1.165) is 25.0 Å². The van der Waals surface area contributed by atoms with Gasteiger partial charge in [-0.25, -0.2) is 5.48 Å². The first-order chi connectivity index (χ1) is 11.9. The maximum Gasteiger partial charge on any atom is 0.416 e. The van der Waals surface area contributed by atoms with Crippen molar-refractivity contribution in [2.24, 2.45) is 5.92 Å². The fourth-order valence-electron chi connectivity index (χ4n) is 2.71. The molecule has 1 N–H and O–H groups in total. The molecule has 0 aromatic heterocycles. The van der Waals surface area contributed by atoms with Crippen LogP contribution in [0.1, 0.15) is 35.2 Å². The number of carbonyl (C=O) groups excluding carboxylic acids is 1. The maximum atomic E-state index is 12.7. The molecule has 0 unspecified atom stereocenters. The van der Waals surface area contributed by atoms with Gasteiger partial charge in [0.25, 0.3) is 5.91 Å². The van der Waals surface area contributed by atoms with E-state index in [4.69, 9.17) is 4.84 Å². The van der Waals surface area contributed by atoms with Gasteiger partial charge in [-0.15, -0.1) is 0 Å². The molecule has 3 nitrogen and oxygen atoms in total. The number of benzene rings is 2. The van der Waals surface area contributed by atoms with Crippen molar-refractivity contribution in [2.45, 2.75) is 25.4 Å². The van der Waals surface area contributed by atoms with Gasteiger partial charge in [0.1, 0.15) is 0 Å². The minimum Gasteiger partial charge on any atom is -0.273 e. The smallest absolute Gasteiger partial charge is 0.273 e. The lowest BCUT2D eigenvalue weighted by molar-refractivity contribution is -0.137. The summed E-state index contributed by atoms with van der Waals surface area (Å²) in [6, 6.07) is 11.5. The van der Waals surface area contributed by atoms with E-state index in [-0.39, 0.29) is 0 Å². The minimum atomic E-state index is -4.38. The standard InChI is InChI=1S/C19H18F3NO2/c20-19(21,22)15-10-8-14(9-11-15)16-6-1-2-7-17(16)18(24)23-25-12-13-4-3-5-13/h1-2,6-11,13H,3-5,12H2,(H,23,24). The van der Waals surface area contributed by atoms with Crippen LogP contribution in [-0.4, -0.2) is 12.5 Å². The summed E-state index contributed by atoms with van der Waals surface area (Å²) >= 11 is 0. The predicted octanol–water partition coefficient (Wildman–Crippen LogP) is 4.83. The molecule has 2 aromatic carbocycles. The molecular formula is C19H18F3NO2. The van der Waals surface area contributed by atoms with Gasteiger partial charge < -0.3 is 0 Å². The summed E-state index contributed by atoms with van der Waals surface area (Å²) in [5.41, 5.74) is 3.16. The normalized spacial score (nSPS) is 14.8. The zero-order valence-electron chi connectivity index (χ0n) is 13.5. The first-order valence-electron chi connectivity index (χ1n) is 8.14. The van der Waals surface area contributed by atoms with Crippen molar-refractivity contribution in [3.05, 3.63) is 59.7 Å². The van der Waals surface area contributed by atoms with E-state index in [2.05, 4.69) is 5.48 Å². The number of rotatable bonds is 5. The Kier molecular flexibility index (Phi) is 5.08. The van der Waals surface area contributed by atoms with Crippen molar-refractivity contribution in [2.75, 3.05) is 6.61 Å². The van der Waals surface area contributed by atoms with Crippen molar-refractivity contribution in [1.82, 2.24) is 5.48 Å². The van der Waals surface area contributed by atoms with Crippen LogP contribution in [0.2, 0.25) is 0 Å². The highest BCUT2D eigenvalue weighted by Crippen LogP contribution is 2.32. The molecule has 25 heavy (non-hydrogen) atoms. The van der Waals surface area contributed by atoms with Gasteiger partial charge in [-0.3, -0.25) is 9.63 Å². The number of hydrogen-bond donors (Lipinski definition) is 1. The van der Waals surface area contributed by atoms with Crippen molar-refractivity contribution in [1.29, 1.82) is 0 Å². The third-order valence-corrected chi connectivity index (χ3v) is 4.40. The monoisotopic (exact) mass is 349 g/mol. The maximum absolute atomic E-state index is 12.7. The topological polar surface area (TPSA) is 38.3 Å². The lowest BCUT2D eigenvalue weighted by Crippen LogP contribution is -2.29. The largest absolute Gasteiger partial charge is 0.416 e. The SMILES string of the molecule is O=C(NOCC1CCC1)c1ccccc1-c1ccc(C(F)(F)F)cc1. The van der Waals surface area contributed by atoms with E-state index in [0.29, 0.717) is 29.2 Å². The highest BCUT2D eigenvalue weighted by atomic mass is 19.4. The van der Waals surface area contributed by atoms with Gasteiger partial charge in [-0.1, -0.05) is 36.8 Å². The van der Waals surface area contributed by atoms with E-state index in [1.807, 2.05) is 0 Å². The third-order valence-electron chi connectivity index (χ3n) is 4.40. The molecule has 132 valence electrons. The van der Waals surface area contributed by atoms with Crippen LogP contribution in [0.4, 0.5) is 13.2 Å². The lowest BCUT2D eigenvalue weighted by atomic mass is 9.86. The van der Waals surface area contributed by atoms with Gasteiger partial charge in [-0.05, 0) is 48.1 Å². The van der Waals surface area contributed by atoms with Gasteiger partial charge in [0, 0.05) is 5.56 Å². The van der Waals surface area contributed by atoms with E-state index in [9.17, 15) is 18.0 Å². The third kappa shape index (κ3) is 4.20. The molecule has 0 heterocycles. The molecule has 1 saturated carbocycles. The molecule has 0 spiro atoms. The fourth-order valence-corrected chi connectivity index (χ4v) is 2.71. The molecule has 3 rings (SSSR count). The number of halogens is 3. The molecule has 0 bridgehead atoms. The number of amides is 1. The highest BCUT2D eigenvalue weighted by Gasteiger charge is 2.30. The Hall–Kier alpha value is -2.34. The zero-order valence-corrected chi connectivity index (χ0v) is 13.5. The van der Waals surface area contributed by atoms with E-state index in [1.165, 1.54) is 18.6 Å². The van der Waals surface area contributed by atoms with E-state index >= 15 is 0 Å². The predicted molar refractivity (Wildman–Crippen MR) is 87.6 cm³/mol. The summed E-state index contributed by atoms with van der Waals surface area (Å²) in [6.45, 7) is 0.480. The summed E-state index contributed by atoms with van der Waals surface area (Å²) in [5.74, 6) is 0.0836. The molecular weight excluding hydrogens is 331 g/mol. The number of hydroxylamine groups is 1. The van der Waals surface area contributed by atoms with Crippen LogP contribution in [0, 0.1) is 5.92 Å². The fraction of sp³-hybridized carbons (Fsp3) is 0.316. The lowest BCUT2D eigenvalue weighted by Gasteiger charge is -2.24. The van der Waals surface area contributed by atoms with Crippen molar-refractivity contribution < 1.29 is 22.8 Å². The second kappa shape index (κ2) is 7.27. The highest BCUT2D eigenvalue weighted by molar-refractivity contribution is 6.00. The Morgan fingerprint density at radius 3 is 2.36 bits per heavy atom. The van der Waals surface area contributed by atoms with Crippen molar-refractivity contribution in [3.8, 4) is 11.1 Å². The summed E-state index contributed by atoms with van der Waals surface area (Å²) in [6.07, 6.45) is -0.973. The molecule has 1 aliphatic carbocycles. The number of carbonyl (C=O) groups is 1. The van der Waals surface area contributed by atoms with Gasteiger partial charge in [0.05, 0.1) is 12.2 Å². The second-order valence-electron chi connectivity index (χ2n) is 6.16. The molecule has 6 heteroatoms. The Morgan fingerprint density at radius 1 is 1.08 bits per heavy atom. The number of hydrogen-bond acceptors (Lipinski definition) is 2. The Morgan fingerprint density at radius 2 is 1.76 bits per heavy atom. The van der Waals surface area contributed by atoms with Crippen molar-refractivity contribution in [3.63, 3.8) is 0 Å². The van der Waals surface area contributed by atoms with Crippen molar-refractivity contribution >= 4 is 5.91 Å². The average molecular weight is 349 g/mol. The zero-order chi connectivity index (χ0) is 17.9. The first-order valence-corrected chi connectivity index (χ1v) is 8.14. The summed E-state index contributed by atoms with van der Waals surface area (Å²) in [4.78, 5) is 17.6. The molecule has 0 radical (unpaired) electrons. The van der Waals surface area contributed by atoms with Crippen LogP contribution in [0.3, 0.4) is 0 Å². The van der Waals surface area contributed by atoms with Gasteiger partial charge in [0.15, 0.2) is 0 Å². The molecule has 0 aliphatic heterocycles. The quantitative estimate of drug-likeness (QED) is 0.785. The van der Waals surface area contributed by atoms with E-state index < -0.39 is 17.6 Å². The van der Waals surface area contributed by atoms with Crippen LogP contribution in [-0.2, 0) is 11.0 Å². The number of nitrogens with one attached hydrogen (secondary N) is 1. The molecule has 1 fully saturated rings. The van der Waals surface area contributed by atoms with Gasteiger partial charge in [0.2, 0.25) is 0 Å². The Labute approximate surface area is 143 Å². The van der Waals surface area contributed by atoms with E-state index in [1.54, 1.807) is 24.3 Å². The van der Waals surface area contributed by atoms with Crippen LogP contribution in [0.15, 0.2) is 48.5 Å². The summed E-state index contributed by atoms with van der Waals surface area (Å²) in [7, 11) is 0. The molecule has 2 aromatic rings. The number of alkyl halides is 3. The summed E-state index contributed by atoms with van der Waals surface area (Å²) in [5, 5.41) is 0. The van der Waals surface area contributed by atoms with Gasteiger partial charge >= 0.3 is 6.18 Å². The van der Waals surface area contributed by atoms with Gasteiger partial charge in [-0.2, -0.15) is 13.2 Å². The molecule has 1 amide bonds. The minimum absolute atomic E-state index is 0.357. The van der Waals surface area contributed by atoms with Crippen LogP contribution < -0.4 is 5.48 Å². The average Bonchev–Trinajstić information content (AvgIpc) is 2.56. The summed E-state index contributed by atoms with van der Waals surface area (Å²) < 4.78 is 38.1. The molecule has 1 aliphatic rings. The molecule has 0 atom stereocenters. The Bertz CT molecular complexity index is 737. The Balaban J connectivity index is 1.74. The van der Waals surface area contributed by atoms with Crippen LogP contribution in [0.5, 0.6) is 0 Å². The van der Waals surface area contributed by atoms with Crippen LogP contribution >= 0.6 is 0 Å².